The van der Waals surface area contributed by atoms with Crippen molar-refractivity contribution in [3.05, 3.63) is 59.7 Å². The number of nitrogens with one attached hydrogen (secondary N) is 1. The van der Waals surface area contributed by atoms with Gasteiger partial charge in [-0.25, -0.2) is 9.59 Å². The van der Waals surface area contributed by atoms with Gasteiger partial charge in [0.2, 0.25) is 0 Å². The number of amides is 1. The number of carboxylic acids is 1. The van der Waals surface area contributed by atoms with E-state index in [2.05, 4.69) is 5.32 Å². The fourth-order valence-corrected chi connectivity index (χ4v) is 1.81. The van der Waals surface area contributed by atoms with Crippen molar-refractivity contribution in [2.75, 3.05) is 12.4 Å². The normalized spacial score (nSPS) is 9.86. The highest BCUT2D eigenvalue weighted by molar-refractivity contribution is 5.99. The molecule has 6 nitrogen and oxygen atoms in total. The van der Waals surface area contributed by atoms with E-state index in [4.69, 9.17) is 14.6 Å². The van der Waals surface area contributed by atoms with Crippen LogP contribution in [0.5, 0.6) is 5.75 Å². The van der Waals surface area contributed by atoms with E-state index in [1.165, 1.54) is 25.3 Å². The summed E-state index contributed by atoms with van der Waals surface area (Å²) >= 11 is 0. The van der Waals surface area contributed by atoms with Gasteiger partial charge in [0.1, 0.15) is 12.4 Å². The Labute approximate surface area is 127 Å². The highest BCUT2D eigenvalue weighted by Crippen LogP contribution is 2.23. The maximum absolute atomic E-state index is 11.8. The van der Waals surface area contributed by atoms with Crippen LogP contribution in [0.4, 0.5) is 10.5 Å². The van der Waals surface area contributed by atoms with E-state index >= 15 is 0 Å². The number of benzene rings is 2. The second-order valence-electron chi connectivity index (χ2n) is 4.40. The summed E-state index contributed by atoms with van der Waals surface area (Å²) in [5, 5.41) is 11.5. The zero-order valence-electron chi connectivity index (χ0n) is 11.9. The summed E-state index contributed by atoms with van der Waals surface area (Å²) in [7, 11) is 1.45. The average Bonchev–Trinajstić information content (AvgIpc) is 2.53. The van der Waals surface area contributed by atoms with Gasteiger partial charge in [-0.3, -0.25) is 5.32 Å². The lowest BCUT2D eigenvalue weighted by Gasteiger charge is -2.11. The van der Waals surface area contributed by atoms with Gasteiger partial charge >= 0.3 is 12.1 Å². The summed E-state index contributed by atoms with van der Waals surface area (Å²) in [6.07, 6.45) is -0.736. The minimum absolute atomic E-state index is 0.0440. The maximum Gasteiger partial charge on any atom is 0.411 e. The third kappa shape index (κ3) is 3.99. The first kappa shape index (κ1) is 15.4. The van der Waals surface area contributed by atoms with Gasteiger partial charge in [-0.1, -0.05) is 30.3 Å². The van der Waals surface area contributed by atoms with Crippen LogP contribution in [0.15, 0.2) is 48.5 Å². The van der Waals surface area contributed by atoms with Crippen molar-refractivity contribution in [1.82, 2.24) is 0 Å². The fraction of sp³-hybridized carbons (Fsp3) is 0.125. The van der Waals surface area contributed by atoms with Crippen molar-refractivity contribution in [3.63, 3.8) is 0 Å². The van der Waals surface area contributed by atoms with Gasteiger partial charge in [0.15, 0.2) is 0 Å². The van der Waals surface area contributed by atoms with Gasteiger partial charge < -0.3 is 14.6 Å². The molecule has 0 radical (unpaired) electrons. The van der Waals surface area contributed by atoms with E-state index < -0.39 is 12.1 Å². The molecule has 1 amide bonds. The quantitative estimate of drug-likeness (QED) is 0.886. The lowest BCUT2D eigenvalue weighted by Crippen LogP contribution is -2.16. The van der Waals surface area contributed by atoms with Gasteiger partial charge in [-0.2, -0.15) is 0 Å². The van der Waals surface area contributed by atoms with Crippen LogP contribution in [0, 0.1) is 0 Å². The van der Waals surface area contributed by atoms with Crippen molar-refractivity contribution in [1.29, 1.82) is 0 Å². The molecule has 0 aliphatic rings. The number of hydrogen-bond donors (Lipinski definition) is 2. The molecule has 2 N–H and O–H groups in total. The Balaban J connectivity index is 2.05. The van der Waals surface area contributed by atoms with Gasteiger partial charge in [0, 0.05) is 6.07 Å². The van der Waals surface area contributed by atoms with Crippen molar-refractivity contribution in [2.24, 2.45) is 0 Å². The Bertz CT molecular complexity index is 669. The van der Waals surface area contributed by atoms with Gasteiger partial charge in [-0.15, -0.1) is 0 Å². The maximum atomic E-state index is 11.8. The minimum atomic E-state index is -1.15. The minimum Gasteiger partial charge on any atom is -0.497 e. The smallest absolute Gasteiger partial charge is 0.411 e. The predicted octanol–water partition coefficient (Wildman–Crippen LogP) is 3.14. The molecule has 114 valence electrons. The fourth-order valence-electron chi connectivity index (χ4n) is 1.81. The van der Waals surface area contributed by atoms with Crippen LogP contribution in [0.25, 0.3) is 0 Å². The number of hydrogen-bond acceptors (Lipinski definition) is 4. The SMILES string of the molecule is COc1ccc(C(=O)O)c(NC(=O)OCc2ccccc2)c1. The monoisotopic (exact) mass is 301 g/mol. The van der Waals surface area contributed by atoms with E-state index in [9.17, 15) is 9.59 Å². The molecule has 22 heavy (non-hydrogen) atoms. The number of anilines is 1. The van der Waals surface area contributed by atoms with Crippen molar-refractivity contribution < 1.29 is 24.2 Å². The van der Waals surface area contributed by atoms with Crippen LogP contribution in [-0.2, 0) is 11.3 Å². The summed E-state index contributed by atoms with van der Waals surface area (Å²) < 4.78 is 10.1. The molecule has 0 saturated carbocycles. The standard InChI is InChI=1S/C16H15NO5/c1-21-12-7-8-13(15(18)19)14(9-12)17-16(20)22-10-11-5-3-2-4-6-11/h2-9H,10H2,1H3,(H,17,20)(H,18,19). The molecule has 2 rings (SSSR count). The van der Waals surface area contributed by atoms with E-state index in [1.54, 1.807) is 0 Å². The average molecular weight is 301 g/mol. The number of carbonyl (C=O) groups excluding carboxylic acids is 1. The van der Waals surface area contributed by atoms with Crippen LogP contribution in [-0.4, -0.2) is 24.3 Å². The lowest BCUT2D eigenvalue weighted by molar-refractivity contribution is 0.0698. The van der Waals surface area contributed by atoms with Crippen LogP contribution >= 0.6 is 0 Å². The number of rotatable bonds is 5. The third-order valence-electron chi connectivity index (χ3n) is 2.91. The summed E-state index contributed by atoms with van der Waals surface area (Å²) in [6.45, 7) is 0.0963. The Hall–Kier alpha value is -3.02. The zero-order valence-corrected chi connectivity index (χ0v) is 11.9. The molecule has 0 fully saturated rings. The number of carboxylic acid groups (broad SMARTS) is 1. The molecule has 0 heterocycles. The Morgan fingerprint density at radius 1 is 1.14 bits per heavy atom. The second kappa shape index (κ2) is 7.12. The van der Waals surface area contributed by atoms with Crippen LogP contribution in [0.2, 0.25) is 0 Å². The number of methoxy groups -OCH3 is 1. The first-order valence-electron chi connectivity index (χ1n) is 6.49. The Kier molecular flexibility index (Phi) is 4.98. The summed E-state index contributed by atoms with van der Waals surface area (Å²) in [5.41, 5.74) is 0.907. The van der Waals surface area contributed by atoms with E-state index in [1.807, 2.05) is 30.3 Å². The predicted molar refractivity (Wildman–Crippen MR) is 80.2 cm³/mol. The zero-order chi connectivity index (χ0) is 15.9. The summed E-state index contributed by atoms with van der Waals surface area (Å²) in [6, 6.07) is 13.5. The number of carbonyl (C=O) groups is 2. The molecule has 0 aromatic heterocycles. The van der Waals surface area contributed by atoms with Crippen molar-refractivity contribution >= 4 is 17.7 Å². The third-order valence-corrected chi connectivity index (χ3v) is 2.91. The largest absolute Gasteiger partial charge is 0.497 e. The molecule has 0 aliphatic heterocycles. The molecule has 2 aromatic carbocycles. The van der Waals surface area contributed by atoms with Crippen LogP contribution in [0.3, 0.4) is 0 Å². The first-order valence-corrected chi connectivity index (χ1v) is 6.49. The first-order chi connectivity index (χ1) is 10.6. The van der Waals surface area contributed by atoms with E-state index in [0.29, 0.717) is 5.75 Å². The van der Waals surface area contributed by atoms with Crippen molar-refractivity contribution in [2.45, 2.75) is 6.61 Å². The molecule has 0 bridgehead atoms. The van der Waals surface area contributed by atoms with Gasteiger partial charge in [0.05, 0.1) is 18.4 Å². The molecular formula is C16H15NO5. The Morgan fingerprint density at radius 2 is 1.86 bits per heavy atom. The molecule has 6 heteroatoms. The highest BCUT2D eigenvalue weighted by Gasteiger charge is 2.14. The molecule has 2 aromatic rings. The summed E-state index contributed by atoms with van der Waals surface area (Å²) in [5.74, 6) is -0.718. The molecular weight excluding hydrogens is 286 g/mol. The van der Waals surface area contributed by atoms with Gasteiger partial charge in [0.25, 0.3) is 0 Å². The second-order valence-corrected chi connectivity index (χ2v) is 4.40. The topological polar surface area (TPSA) is 84.9 Å². The molecule has 0 atom stereocenters. The van der Waals surface area contributed by atoms with Crippen molar-refractivity contribution in [3.8, 4) is 5.75 Å². The highest BCUT2D eigenvalue weighted by atomic mass is 16.5. The van der Waals surface area contributed by atoms with Gasteiger partial charge in [-0.05, 0) is 17.7 Å². The van der Waals surface area contributed by atoms with Crippen LogP contribution in [0.1, 0.15) is 15.9 Å². The molecule has 0 spiro atoms. The molecule has 0 aliphatic carbocycles. The Morgan fingerprint density at radius 3 is 2.50 bits per heavy atom. The van der Waals surface area contributed by atoms with E-state index in [-0.39, 0.29) is 17.9 Å². The number of aromatic carboxylic acids is 1. The molecule has 0 saturated heterocycles. The van der Waals surface area contributed by atoms with Crippen LogP contribution < -0.4 is 10.1 Å². The summed E-state index contributed by atoms with van der Waals surface area (Å²) in [4.78, 5) is 22.9. The van der Waals surface area contributed by atoms with E-state index in [0.717, 1.165) is 5.56 Å². The number of ether oxygens (including phenoxy) is 2. The lowest BCUT2D eigenvalue weighted by atomic mass is 10.1. The molecule has 0 unspecified atom stereocenters.